The minimum atomic E-state index is -0.965. The zero-order chi connectivity index (χ0) is 17.6. The largest absolute Gasteiger partial charge is 0.478 e. The first kappa shape index (κ1) is 17.2. The number of hydrogen-bond acceptors (Lipinski definition) is 4. The van der Waals surface area contributed by atoms with E-state index in [0.717, 1.165) is 54.4 Å². The second kappa shape index (κ2) is 7.94. The Labute approximate surface area is 147 Å². The van der Waals surface area contributed by atoms with Crippen LogP contribution >= 0.6 is 0 Å². The number of hydrogen-bond donors (Lipinski definition) is 3. The molecule has 0 amide bonds. The molecule has 0 unspecified atom stereocenters. The van der Waals surface area contributed by atoms with Gasteiger partial charge in [0.1, 0.15) is 5.82 Å². The maximum Gasteiger partial charge on any atom is 0.328 e. The lowest BCUT2D eigenvalue weighted by molar-refractivity contribution is -0.131. The molecule has 0 radical (unpaired) electrons. The molecule has 3 rings (SSSR count). The van der Waals surface area contributed by atoms with Gasteiger partial charge in [-0.25, -0.2) is 9.78 Å². The van der Waals surface area contributed by atoms with Gasteiger partial charge in [0.25, 0.3) is 0 Å². The number of aliphatic hydroxyl groups excluding tert-OH is 1. The highest BCUT2D eigenvalue weighted by Gasteiger charge is 2.19. The SMILES string of the molecule is O=C(O)C=Cc1cccc(-c2cccc(NC3CCC(O)CC3)n2)c1. The lowest BCUT2D eigenvalue weighted by Crippen LogP contribution is -2.28. The Morgan fingerprint density at radius 2 is 1.88 bits per heavy atom. The van der Waals surface area contributed by atoms with Crippen LogP contribution in [-0.2, 0) is 4.79 Å². The first-order valence-electron chi connectivity index (χ1n) is 8.53. The van der Waals surface area contributed by atoms with E-state index in [-0.39, 0.29) is 6.10 Å². The third kappa shape index (κ3) is 4.90. The number of aliphatic carboxylic acids is 1. The fraction of sp³-hybridized carbons (Fsp3) is 0.300. The van der Waals surface area contributed by atoms with Gasteiger partial charge in [0.2, 0.25) is 0 Å². The van der Waals surface area contributed by atoms with Crippen LogP contribution in [0.4, 0.5) is 5.82 Å². The van der Waals surface area contributed by atoms with Crippen molar-refractivity contribution in [2.24, 2.45) is 0 Å². The quantitative estimate of drug-likeness (QED) is 0.726. The van der Waals surface area contributed by atoms with Crippen molar-refractivity contribution in [1.29, 1.82) is 0 Å². The molecule has 1 heterocycles. The Kier molecular flexibility index (Phi) is 5.46. The van der Waals surface area contributed by atoms with Crippen molar-refractivity contribution < 1.29 is 15.0 Å². The summed E-state index contributed by atoms with van der Waals surface area (Å²) in [7, 11) is 0. The van der Waals surface area contributed by atoms with E-state index in [1.165, 1.54) is 0 Å². The van der Waals surface area contributed by atoms with Crippen LogP contribution < -0.4 is 5.32 Å². The molecule has 0 bridgehead atoms. The van der Waals surface area contributed by atoms with Crippen molar-refractivity contribution in [2.75, 3.05) is 5.32 Å². The van der Waals surface area contributed by atoms with Gasteiger partial charge >= 0.3 is 5.97 Å². The smallest absolute Gasteiger partial charge is 0.328 e. The molecule has 3 N–H and O–H groups in total. The molecule has 1 aromatic carbocycles. The van der Waals surface area contributed by atoms with Crippen LogP contribution in [0, 0.1) is 0 Å². The van der Waals surface area contributed by atoms with Gasteiger partial charge in [-0.3, -0.25) is 0 Å². The zero-order valence-electron chi connectivity index (χ0n) is 13.9. The number of aliphatic hydroxyl groups is 1. The van der Waals surface area contributed by atoms with Crippen LogP contribution in [0.3, 0.4) is 0 Å². The summed E-state index contributed by atoms with van der Waals surface area (Å²) < 4.78 is 0. The second-order valence-corrected chi connectivity index (χ2v) is 6.35. The number of carboxylic acid groups (broad SMARTS) is 1. The second-order valence-electron chi connectivity index (χ2n) is 6.35. The summed E-state index contributed by atoms with van der Waals surface area (Å²) in [5.74, 6) is -0.141. The molecule has 2 aromatic rings. The van der Waals surface area contributed by atoms with Crippen molar-refractivity contribution in [2.45, 2.75) is 37.8 Å². The lowest BCUT2D eigenvalue weighted by Gasteiger charge is -2.26. The number of pyridine rings is 1. The molecule has 0 spiro atoms. The van der Waals surface area contributed by atoms with E-state index in [9.17, 15) is 9.90 Å². The fourth-order valence-electron chi connectivity index (χ4n) is 3.07. The normalized spacial score (nSPS) is 20.5. The molecular formula is C20H22N2O3. The Hall–Kier alpha value is -2.66. The number of rotatable bonds is 5. The predicted octanol–water partition coefficient (Wildman–Crippen LogP) is 3.56. The van der Waals surface area contributed by atoms with Crippen LogP contribution in [0.15, 0.2) is 48.5 Å². The van der Waals surface area contributed by atoms with Crippen LogP contribution in [0.1, 0.15) is 31.2 Å². The first-order valence-corrected chi connectivity index (χ1v) is 8.53. The molecule has 1 aromatic heterocycles. The number of carboxylic acids is 1. The molecule has 0 atom stereocenters. The molecule has 0 aliphatic heterocycles. The molecule has 25 heavy (non-hydrogen) atoms. The summed E-state index contributed by atoms with van der Waals surface area (Å²) >= 11 is 0. The average molecular weight is 338 g/mol. The topological polar surface area (TPSA) is 82.5 Å². The highest BCUT2D eigenvalue weighted by molar-refractivity contribution is 5.85. The molecule has 5 heteroatoms. The maximum atomic E-state index is 10.7. The monoisotopic (exact) mass is 338 g/mol. The van der Waals surface area contributed by atoms with E-state index in [1.807, 2.05) is 42.5 Å². The maximum absolute atomic E-state index is 10.7. The molecule has 1 saturated carbocycles. The van der Waals surface area contributed by atoms with E-state index in [0.29, 0.717) is 6.04 Å². The van der Waals surface area contributed by atoms with Gasteiger partial charge in [0.15, 0.2) is 0 Å². The Balaban J connectivity index is 1.75. The van der Waals surface area contributed by atoms with E-state index in [2.05, 4.69) is 10.3 Å². The number of nitrogens with one attached hydrogen (secondary N) is 1. The third-order valence-corrected chi connectivity index (χ3v) is 4.40. The minimum Gasteiger partial charge on any atom is -0.478 e. The first-order chi connectivity index (χ1) is 12.1. The number of nitrogens with zero attached hydrogens (tertiary/aromatic N) is 1. The van der Waals surface area contributed by atoms with Gasteiger partial charge in [-0.05, 0) is 55.5 Å². The van der Waals surface area contributed by atoms with E-state index in [1.54, 1.807) is 6.08 Å². The van der Waals surface area contributed by atoms with E-state index in [4.69, 9.17) is 5.11 Å². The summed E-state index contributed by atoms with van der Waals surface area (Å²) in [6.07, 6.45) is 6.08. The summed E-state index contributed by atoms with van der Waals surface area (Å²) in [5.41, 5.74) is 2.60. The Morgan fingerprint density at radius 3 is 2.64 bits per heavy atom. The molecule has 1 aliphatic rings. The van der Waals surface area contributed by atoms with Crippen LogP contribution in [0.25, 0.3) is 17.3 Å². The standard InChI is InChI=1S/C20H22N2O3/c23-17-10-8-16(9-11-17)21-19-6-2-5-18(22-19)15-4-1-3-14(13-15)7-12-20(24)25/h1-7,12-13,16-17,23H,8-11H2,(H,21,22)(H,24,25). The summed E-state index contributed by atoms with van der Waals surface area (Å²) in [6.45, 7) is 0. The van der Waals surface area contributed by atoms with Crippen molar-refractivity contribution >= 4 is 17.9 Å². The van der Waals surface area contributed by atoms with E-state index < -0.39 is 5.97 Å². The molecule has 130 valence electrons. The number of anilines is 1. The highest BCUT2D eigenvalue weighted by Crippen LogP contribution is 2.24. The summed E-state index contributed by atoms with van der Waals surface area (Å²) in [6, 6.07) is 13.8. The van der Waals surface area contributed by atoms with Crippen LogP contribution in [0.2, 0.25) is 0 Å². The minimum absolute atomic E-state index is 0.168. The predicted molar refractivity (Wildman–Crippen MR) is 98.2 cm³/mol. The summed E-state index contributed by atoms with van der Waals surface area (Å²) in [4.78, 5) is 15.3. The zero-order valence-corrected chi connectivity index (χ0v) is 13.9. The molecular weight excluding hydrogens is 316 g/mol. The van der Waals surface area contributed by atoms with Crippen molar-refractivity contribution in [3.8, 4) is 11.3 Å². The lowest BCUT2D eigenvalue weighted by atomic mass is 9.93. The molecule has 5 nitrogen and oxygen atoms in total. The van der Waals surface area contributed by atoms with Gasteiger partial charge in [0, 0.05) is 17.7 Å². The molecule has 1 aliphatic carbocycles. The Morgan fingerprint density at radius 1 is 1.12 bits per heavy atom. The van der Waals surface area contributed by atoms with Gasteiger partial charge < -0.3 is 15.5 Å². The third-order valence-electron chi connectivity index (χ3n) is 4.40. The fourth-order valence-corrected chi connectivity index (χ4v) is 3.07. The number of carbonyl (C=O) groups is 1. The number of benzene rings is 1. The average Bonchev–Trinajstić information content (AvgIpc) is 2.62. The molecule has 1 fully saturated rings. The molecule has 0 saturated heterocycles. The van der Waals surface area contributed by atoms with Gasteiger partial charge in [-0.1, -0.05) is 24.3 Å². The summed E-state index contributed by atoms with van der Waals surface area (Å²) in [5, 5.41) is 21.8. The van der Waals surface area contributed by atoms with Crippen LogP contribution in [-0.4, -0.2) is 33.3 Å². The Bertz CT molecular complexity index is 765. The van der Waals surface area contributed by atoms with E-state index >= 15 is 0 Å². The number of aromatic nitrogens is 1. The van der Waals surface area contributed by atoms with Crippen molar-refractivity contribution in [1.82, 2.24) is 4.98 Å². The van der Waals surface area contributed by atoms with Crippen molar-refractivity contribution in [3.05, 3.63) is 54.1 Å². The van der Waals surface area contributed by atoms with Crippen molar-refractivity contribution in [3.63, 3.8) is 0 Å². The van der Waals surface area contributed by atoms with Gasteiger partial charge in [0.05, 0.1) is 11.8 Å². The van der Waals surface area contributed by atoms with Gasteiger partial charge in [-0.2, -0.15) is 0 Å². The van der Waals surface area contributed by atoms with Gasteiger partial charge in [-0.15, -0.1) is 0 Å². The highest BCUT2D eigenvalue weighted by atomic mass is 16.4. The van der Waals surface area contributed by atoms with Crippen LogP contribution in [0.5, 0.6) is 0 Å².